The van der Waals surface area contributed by atoms with Crippen molar-refractivity contribution in [3.8, 4) is 22.4 Å². The smallest absolute Gasteiger partial charge is 0.0544 e. The third kappa shape index (κ3) is 3.86. The van der Waals surface area contributed by atoms with E-state index in [4.69, 9.17) is 0 Å². The van der Waals surface area contributed by atoms with E-state index in [0.29, 0.717) is 0 Å². The number of nitrogens with one attached hydrogen (secondary N) is 1. The van der Waals surface area contributed by atoms with Crippen molar-refractivity contribution < 1.29 is 0 Å². The highest BCUT2D eigenvalue weighted by Gasteiger charge is 2.20. The van der Waals surface area contributed by atoms with Crippen molar-refractivity contribution in [1.29, 1.82) is 0 Å². The van der Waals surface area contributed by atoms with Gasteiger partial charge in [0.25, 0.3) is 0 Å². The number of fused-ring (bicyclic) bond motifs is 3. The largest absolute Gasteiger partial charge is 0.354 e. The second-order valence-corrected chi connectivity index (χ2v) is 11.2. The molecule has 1 N–H and O–H groups in total. The number of aromatic nitrogens is 1. The lowest BCUT2D eigenvalue weighted by molar-refractivity contribution is 0.590. The van der Waals surface area contributed by atoms with Crippen molar-refractivity contribution in [3.05, 3.63) is 96.1 Å². The lowest BCUT2D eigenvalue weighted by Crippen LogP contribution is -2.10. The molecule has 0 aliphatic rings. The standard InChI is InChI=1S/C32H33N/c1-31(2,3)24-16-11-22(12-17-24)28-29-26-10-8-7-9-21(26)15-20-27(29)33-30(28)23-13-18-25(19-14-23)32(4,5)6/h7-20,33H,1-6H3. The Morgan fingerprint density at radius 3 is 1.67 bits per heavy atom. The molecular weight excluding hydrogens is 398 g/mol. The van der Waals surface area contributed by atoms with Crippen molar-refractivity contribution in [2.75, 3.05) is 0 Å². The summed E-state index contributed by atoms with van der Waals surface area (Å²) in [5.41, 5.74) is 9.10. The Morgan fingerprint density at radius 1 is 0.545 bits per heavy atom. The van der Waals surface area contributed by atoms with Gasteiger partial charge in [0, 0.05) is 16.5 Å². The predicted octanol–water partition coefficient (Wildman–Crippen LogP) is 9.25. The number of aromatic amines is 1. The summed E-state index contributed by atoms with van der Waals surface area (Å²) >= 11 is 0. The first-order valence-corrected chi connectivity index (χ1v) is 11.9. The van der Waals surface area contributed by atoms with Gasteiger partial charge in [0.05, 0.1) is 5.69 Å². The van der Waals surface area contributed by atoms with Crippen molar-refractivity contribution in [1.82, 2.24) is 4.98 Å². The van der Waals surface area contributed by atoms with Crippen molar-refractivity contribution in [2.24, 2.45) is 0 Å². The number of rotatable bonds is 2. The van der Waals surface area contributed by atoms with Crippen LogP contribution >= 0.6 is 0 Å². The molecule has 0 saturated carbocycles. The molecule has 0 saturated heterocycles. The first-order valence-electron chi connectivity index (χ1n) is 11.9. The molecule has 4 aromatic carbocycles. The summed E-state index contributed by atoms with van der Waals surface area (Å²) in [6.45, 7) is 13.6. The van der Waals surface area contributed by atoms with Gasteiger partial charge in [-0.1, -0.05) is 120 Å². The van der Waals surface area contributed by atoms with Gasteiger partial charge in [-0.15, -0.1) is 0 Å². The Morgan fingerprint density at radius 2 is 1.09 bits per heavy atom. The SMILES string of the molecule is CC(C)(C)c1ccc(-c2[nH]c3ccc4ccccc4c3c2-c2ccc(C(C)(C)C)cc2)cc1. The van der Waals surface area contributed by atoms with Crippen LogP contribution in [0.4, 0.5) is 0 Å². The molecule has 5 rings (SSSR count). The number of H-pyrrole nitrogens is 1. The molecule has 0 bridgehead atoms. The third-order valence-corrected chi connectivity index (χ3v) is 6.77. The van der Waals surface area contributed by atoms with Crippen LogP contribution in [0.2, 0.25) is 0 Å². The molecule has 0 aliphatic heterocycles. The Kier molecular flexibility index (Phi) is 4.97. The fraction of sp³-hybridized carbons (Fsp3) is 0.250. The summed E-state index contributed by atoms with van der Waals surface area (Å²) in [6.07, 6.45) is 0. The van der Waals surface area contributed by atoms with E-state index in [2.05, 4.69) is 131 Å². The molecule has 1 heterocycles. The van der Waals surface area contributed by atoms with Gasteiger partial charge in [-0.3, -0.25) is 0 Å². The van der Waals surface area contributed by atoms with E-state index in [1.165, 1.54) is 55.2 Å². The van der Waals surface area contributed by atoms with Gasteiger partial charge in [0.1, 0.15) is 0 Å². The zero-order chi connectivity index (χ0) is 23.4. The maximum atomic E-state index is 3.77. The number of hydrogen-bond acceptors (Lipinski definition) is 0. The second-order valence-electron chi connectivity index (χ2n) is 11.2. The van der Waals surface area contributed by atoms with Gasteiger partial charge in [0.15, 0.2) is 0 Å². The topological polar surface area (TPSA) is 15.8 Å². The quantitative estimate of drug-likeness (QED) is 0.287. The van der Waals surface area contributed by atoms with E-state index in [-0.39, 0.29) is 10.8 Å². The minimum atomic E-state index is 0.136. The summed E-state index contributed by atoms with van der Waals surface area (Å²) in [6, 6.07) is 31.3. The monoisotopic (exact) mass is 431 g/mol. The van der Waals surface area contributed by atoms with Crippen molar-refractivity contribution in [3.63, 3.8) is 0 Å². The zero-order valence-electron chi connectivity index (χ0n) is 20.6. The highest BCUT2D eigenvalue weighted by molar-refractivity contribution is 6.17. The molecule has 33 heavy (non-hydrogen) atoms. The van der Waals surface area contributed by atoms with Crippen LogP contribution in [-0.4, -0.2) is 4.98 Å². The Labute approximate surface area is 197 Å². The number of hydrogen-bond donors (Lipinski definition) is 1. The van der Waals surface area contributed by atoms with E-state index in [9.17, 15) is 0 Å². The van der Waals surface area contributed by atoms with E-state index in [0.717, 1.165) is 0 Å². The van der Waals surface area contributed by atoms with Crippen molar-refractivity contribution in [2.45, 2.75) is 52.4 Å². The first-order chi connectivity index (χ1) is 15.6. The lowest BCUT2D eigenvalue weighted by atomic mass is 9.85. The fourth-order valence-electron chi connectivity index (χ4n) is 4.75. The van der Waals surface area contributed by atoms with Crippen LogP contribution in [-0.2, 0) is 10.8 Å². The van der Waals surface area contributed by atoms with Crippen LogP contribution in [0.5, 0.6) is 0 Å². The van der Waals surface area contributed by atoms with Gasteiger partial charge in [0.2, 0.25) is 0 Å². The van der Waals surface area contributed by atoms with Crippen LogP contribution in [0.1, 0.15) is 52.7 Å². The summed E-state index contributed by atoms with van der Waals surface area (Å²) in [7, 11) is 0. The molecule has 0 atom stereocenters. The fourth-order valence-corrected chi connectivity index (χ4v) is 4.75. The van der Waals surface area contributed by atoms with Crippen LogP contribution in [0.3, 0.4) is 0 Å². The Bertz CT molecular complexity index is 1430. The molecule has 1 aromatic heterocycles. The Hall–Kier alpha value is -3.32. The maximum Gasteiger partial charge on any atom is 0.0544 e. The molecule has 5 aromatic rings. The van der Waals surface area contributed by atoms with Gasteiger partial charge in [-0.25, -0.2) is 0 Å². The van der Waals surface area contributed by atoms with Gasteiger partial charge < -0.3 is 4.98 Å². The van der Waals surface area contributed by atoms with Crippen molar-refractivity contribution >= 4 is 21.7 Å². The van der Waals surface area contributed by atoms with Gasteiger partial charge >= 0.3 is 0 Å². The van der Waals surface area contributed by atoms with Crippen LogP contribution in [0.15, 0.2) is 84.9 Å². The zero-order valence-corrected chi connectivity index (χ0v) is 20.6. The molecule has 1 heteroatoms. The summed E-state index contributed by atoms with van der Waals surface area (Å²) < 4.78 is 0. The lowest BCUT2D eigenvalue weighted by Gasteiger charge is -2.20. The maximum absolute atomic E-state index is 3.77. The van der Waals surface area contributed by atoms with E-state index in [1.54, 1.807) is 0 Å². The summed E-state index contributed by atoms with van der Waals surface area (Å²) in [5, 5.41) is 3.86. The van der Waals surface area contributed by atoms with Crippen LogP contribution in [0, 0.1) is 0 Å². The molecule has 0 aliphatic carbocycles. The molecule has 0 unspecified atom stereocenters. The van der Waals surface area contributed by atoms with Gasteiger partial charge in [-0.2, -0.15) is 0 Å². The molecule has 1 nitrogen and oxygen atoms in total. The van der Waals surface area contributed by atoms with E-state index in [1.807, 2.05) is 0 Å². The molecule has 0 radical (unpaired) electrons. The van der Waals surface area contributed by atoms with E-state index >= 15 is 0 Å². The average Bonchev–Trinajstić information content (AvgIpc) is 3.18. The predicted molar refractivity (Wildman–Crippen MR) is 144 cm³/mol. The average molecular weight is 432 g/mol. The van der Waals surface area contributed by atoms with Crippen LogP contribution < -0.4 is 0 Å². The second kappa shape index (κ2) is 7.63. The summed E-state index contributed by atoms with van der Waals surface area (Å²) in [5.74, 6) is 0. The molecule has 0 spiro atoms. The molecule has 0 fully saturated rings. The Balaban J connectivity index is 1.79. The highest BCUT2D eigenvalue weighted by atomic mass is 14.7. The van der Waals surface area contributed by atoms with E-state index < -0.39 is 0 Å². The highest BCUT2D eigenvalue weighted by Crippen LogP contribution is 2.42. The minimum Gasteiger partial charge on any atom is -0.354 e. The molecular formula is C32H33N. The number of benzene rings is 4. The van der Waals surface area contributed by atoms with Gasteiger partial charge in [-0.05, 0) is 49.9 Å². The molecule has 0 amide bonds. The summed E-state index contributed by atoms with van der Waals surface area (Å²) in [4.78, 5) is 3.77. The minimum absolute atomic E-state index is 0.136. The first kappa shape index (κ1) is 21.5. The third-order valence-electron chi connectivity index (χ3n) is 6.77. The normalized spacial score (nSPS) is 12.5. The molecule has 166 valence electrons. The van der Waals surface area contributed by atoms with Crippen LogP contribution in [0.25, 0.3) is 44.1 Å².